The Hall–Kier alpha value is -6.98. The quantitative estimate of drug-likeness (QED) is 0.0822. The summed E-state index contributed by atoms with van der Waals surface area (Å²) in [6, 6.07) is -0.913. The molecule has 0 unspecified atom stereocenters. The number of hydrogen-bond acceptors (Lipinski definition) is 19. The van der Waals surface area contributed by atoms with Gasteiger partial charge in [-0.3, -0.25) is 53.1 Å². The molecule has 14 atom stereocenters. The van der Waals surface area contributed by atoms with Gasteiger partial charge in [-0.1, -0.05) is 34.6 Å². The molecule has 8 rings (SSSR count). The molecule has 8 heterocycles. The zero-order valence-electron chi connectivity index (χ0n) is 50.6. The molecular weight excluding hydrogens is 1160 g/mol. The number of ether oxygens (including phenoxy) is 1. The van der Waals surface area contributed by atoms with Crippen molar-refractivity contribution in [3.63, 3.8) is 0 Å². The van der Waals surface area contributed by atoms with E-state index in [9.17, 15) is 48.9 Å². The molecule has 6 aliphatic rings. The number of amides is 7. The van der Waals surface area contributed by atoms with Gasteiger partial charge in [0, 0.05) is 148 Å². The van der Waals surface area contributed by atoms with Crippen molar-refractivity contribution >= 4 is 75.5 Å². The van der Waals surface area contributed by atoms with Crippen molar-refractivity contribution in [1.29, 1.82) is 0 Å². The third-order valence-electron chi connectivity index (χ3n) is 19.2. The average molecular weight is 1240 g/mol. The number of fused-ring (bicyclic) bond motifs is 7. The molecule has 2 fully saturated rings. The molecule has 0 aliphatic carbocycles. The molecule has 28 heteroatoms. The number of hydrogen-bond donors (Lipinski definition) is 12. The summed E-state index contributed by atoms with van der Waals surface area (Å²) in [6.45, 7) is 18.6. The number of imidazole rings is 1. The van der Waals surface area contributed by atoms with Crippen LogP contribution in [0.5, 0.6) is 0 Å². The topological polar surface area (TPSA) is 476 Å². The maximum absolute atomic E-state index is 13.5. The average Bonchev–Trinajstić information content (AvgIpc) is 1.54. The van der Waals surface area contributed by atoms with Gasteiger partial charge in [0.2, 0.25) is 41.4 Å². The third kappa shape index (κ3) is 12.9. The normalized spacial score (nSPS) is 34.1. The number of nitrogens with two attached hydrogens (primary N) is 7. The van der Waals surface area contributed by atoms with Crippen LogP contribution in [-0.4, -0.2) is 136 Å². The number of aliphatic hydroxyl groups is 3. The second-order valence-corrected chi connectivity index (χ2v) is 25.5. The Morgan fingerprint density at radius 3 is 1.91 bits per heavy atom. The zero-order valence-corrected chi connectivity index (χ0v) is 51.6. The Kier molecular flexibility index (Phi) is 20.4. The standard InChI is InChI=1S/C48H73N11O8.C10H13N5O3.Co/c1-23(60)22-55-38(67)16-17-45(6)29(18-35(52)64)43-48(9)47(8,21-37(54)66)28(12-15-34(51)63)40(59-48)25(3)42-46(7,20-36(53)65)26(10-13-32(49)61)30(56-42)19-31-44(4,5)27(11-14-33(50)62)39(57-31)24(2)41(45)58-43;1-4-6(16)7(17)10(18-4)15-3-14-5-8(11)12-2-13-9(5)15;/h19,23,26-29,43,56,60H,10-18,20-22H2,1-9H3,(H2,49,61)(H2,50,62)(H2,51,63)(H2,52,64)(H2,53,65)(H2,54,66)(H,55,67);2-4,6-7,10,16-17H,1H3,(H2,11,12,13);/b30-19-,39-24-,42-25-;;/t23-,26-,27-,28-,29+,43-,45-,46+,47+,48+;4-,6-,7-,10-;/m11./s1. The van der Waals surface area contributed by atoms with E-state index in [0.717, 1.165) is 0 Å². The molecule has 0 saturated carbocycles. The molecule has 0 spiro atoms. The van der Waals surface area contributed by atoms with Gasteiger partial charge in [0.25, 0.3) is 0 Å². The number of allylic oxidation sites excluding steroid dienone is 6. The molecule has 86 heavy (non-hydrogen) atoms. The number of anilines is 1. The maximum Gasteiger partial charge on any atom is 0.220 e. The zero-order chi connectivity index (χ0) is 63.2. The number of nitrogens with zero attached hydrogens (tertiary/aromatic N) is 7. The van der Waals surface area contributed by atoms with E-state index < -0.39 is 123 Å². The SMILES string of the molecule is C/C1=C2N=C(/C=C3\N/C(=C(/C)C4=N[C@@](C)([C@@H]5N=C1[C@](C)(CCC(=O)NC[C@@H](C)O)[C@H]5CC(N)=O)[C@@](C)(CC(N)=O)[C@@H]4CCC(N)=O)[C@@](C)(CC(N)=O)[C@@H]3CCC(N)=O)C(C)(C)[C@@H]/2CCC(N)=O.C[C@H]1O[C@@H](n2cnc3c(N)ncnc32)[C@H](O)[C@@H]1O.[Co]. The van der Waals surface area contributed by atoms with E-state index in [-0.39, 0.29) is 99.3 Å². The van der Waals surface area contributed by atoms with E-state index in [0.29, 0.717) is 63.0 Å². The number of primary amides is 6. The Labute approximate surface area is 510 Å². The fraction of sp³-hybridized carbons (Fsp3) is 0.638. The smallest absolute Gasteiger partial charge is 0.220 e. The van der Waals surface area contributed by atoms with Crippen molar-refractivity contribution in [2.75, 3.05) is 12.3 Å². The number of carbonyl (C=O) groups excluding carboxylic acids is 7. The predicted octanol–water partition coefficient (Wildman–Crippen LogP) is 0.781. The summed E-state index contributed by atoms with van der Waals surface area (Å²) in [5.41, 5.74) is 41.5. The van der Waals surface area contributed by atoms with Gasteiger partial charge in [-0.05, 0) is 77.5 Å². The maximum atomic E-state index is 13.5. The molecule has 2 aromatic heterocycles. The minimum absolute atomic E-state index is 0. The van der Waals surface area contributed by atoms with Crippen molar-refractivity contribution in [3.05, 3.63) is 47.0 Å². The van der Waals surface area contributed by atoms with Crippen molar-refractivity contribution in [2.45, 2.75) is 182 Å². The summed E-state index contributed by atoms with van der Waals surface area (Å²) in [6.07, 6.45) is 0.854. The third-order valence-corrected chi connectivity index (χ3v) is 19.2. The molecule has 19 N–H and O–H groups in total. The van der Waals surface area contributed by atoms with Gasteiger partial charge in [0.1, 0.15) is 24.1 Å². The van der Waals surface area contributed by atoms with Crippen LogP contribution in [0.2, 0.25) is 0 Å². The van der Waals surface area contributed by atoms with E-state index in [1.165, 1.54) is 12.7 Å². The summed E-state index contributed by atoms with van der Waals surface area (Å²) >= 11 is 0. The fourth-order valence-corrected chi connectivity index (χ4v) is 14.4. The molecule has 27 nitrogen and oxygen atoms in total. The minimum Gasteiger partial charge on any atom is -0.392 e. The van der Waals surface area contributed by atoms with Crippen molar-refractivity contribution in [3.8, 4) is 0 Å². The first-order valence-corrected chi connectivity index (χ1v) is 28.8. The van der Waals surface area contributed by atoms with Crippen LogP contribution in [0, 0.1) is 45.3 Å². The number of nitrogen functional groups attached to an aromatic ring is 1. The van der Waals surface area contributed by atoms with Crippen LogP contribution in [0.25, 0.3) is 11.2 Å². The van der Waals surface area contributed by atoms with Crippen molar-refractivity contribution in [1.82, 2.24) is 30.2 Å². The molecule has 0 aromatic carbocycles. The van der Waals surface area contributed by atoms with Gasteiger partial charge in [-0.15, -0.1) is 0 Å². The summed E-state index contributed by atoms with van der Waals surface area (Å²) in [5, 5.41) is 36.0. The first-order chi connectivity index (χ1) is 39.5. The second-order valence-electron chi connectivity index (χ2n) is 25.5. The first-order valence-electron chi connectivity index (χ1n) is 28.8. The van der Waals surface area contributed by atoms with Crippen molar-refractivity contribution < 1.29 is 70.4 Å². The largest absolute Gasteiger partial charge is 0.392 e. The molecule has 473 valence electrons. The monoisotopic (exact) mass is 1240 g/mol. The fourth-order valence-electron chi connectivity index (χ4n) is 14.4. The van der Waals surface area contributed by atoms with E-state index in [1.807, 2.05) is 61.5 Å². The summed E-state index contributed by atoms with van der Waals surface area (Å²) < 4.78 is 7.05. The first kappa shape index (κ1) is 68.1. The Morgan fingerprint density at radius 1 is 0.767 bits per heavy atom. The number of aromatic nitrogens is 4. The molecule has 7 amide bonds. The van der Waals surface area contributed by atoms with Crippen LogP contribution in [0.3, 0.4) is 0 Å². The van der Waals surface area contributed by atoms with E-state index in [4.69, 9.17) is 59.8 Å². The number of carbonyl (C=O) groups is 7. The molecular formula is C58H86CoN16O11. The van der Waals surface area contributed by atoms with Crippen LogP contribution in [-0.2, 0) is 55.1 Å². The Balaban J connectivity index is 0.000000524. The van der Waals surface area contributed by atoms with E-state index in [1.54, 1.807) is 18.4 Å². The summed E-state index contributed by atoms with van der Waals surface area (Å²) in [4.78, 5) is 120. The predicted molar refractivity (Wildman–Crippen MR) is 315 cm³/mol. The molecule has 1 radical (unpaired) electrons. The molecule has 8 bridgehead atoms. The van der Waals surface area contributed by atoms with Crippen LogP contribution in [0.4, 0.5) is 5.82 Å². The van der Waals surface area contributed by atoms with Gasteiger partial charge in [-0.2, -0.15) is 0 Å². The summed E-state index contributed by atoms with van der Waals surface area (Å²) in [5.74, 6) is -5.99. The molecule has 2 saturated heterocycles. The van der Waals surface area contributed by atoms with Gasteiger partial charge in [0.15, 0.2) is 17.7 Å². The minimum atomic E-state index is -1.39. The van der Waals surface area contributed by atoms with Crippen LogP contribution < -0.4 is 50.8 Å². The van der Waals surface area contributed by atoms with Gasteiger partial charge in [0.05, 0.1) is 30.1 Å². The Bertz CT molecular complexity index is 3240. The second kappa shape index (κ2) is 25.8. The number of aliphatic hydroxyl groups excluding tert-OH is 3. The van der Waals surface area contributed by atoms with Gasteiger partial charge in [-0.25, -0.2) is 15.0 Å². The van der Waals surface area contributed by atoms with Gasteiger partial charge >= 0.3 is 0 Å². The van der Waals surface area contributed by atoms with E-state index in [2.05, 4.69) is 25.6 Å². The van der Waals surface area contributed by atoms with Gasteiger partial charge < -0.3 is 70.8 Å². The number of rotatable bonds is 21. The van der Waals surface area contributed by atoms with Crippen LogP contribution in [0.1, 0.15) is 146 Å². The molecule has 6 aliphatic heterocycles. The van der Waals surface area contributed by atoms with E-state index >= 15 is 0 Å². The van der Waals surface area contributed by atoms with Crippen molar-refractivity contribution in [2.24, 2.45) is 94.7 Å². The Morgan fingerprint density at radius 2 is 1.36 bits per heavy atom. The van der Waals surface area contributed by atoms with Crippen LogP contribution >= 0.6 is 0 Å². The molecule has 2 aromatic rings. The van der Waals surface area contributed by atoms with Crippen LogP contribution in [0.15, 0.2) is 61.9 Å². The number of aliphatic imine (C=N–C) groups is 3. The number of nitrogens with one attached hydrogen (secondary N) is 2. The summed E-state index contributed by atoms with van der Waals surface area (Å²) in [7, 11) is 0.